The highest BCUT2D eigenvalue weighted by atomic mass is 32.1. The van der Waals surface area contributed by atoms with Gasteiger partial charge in [0, 0.05) is 9.75 Å². The molecule has 0 saturated carbocycles. The number of fused-ring (bicyclic) bond motifs is 2. The molecule has 0 radical (unpaired) electrons. The van der Waals surface area contributed by atoms with Crippen LogP contribution in [0.5, 0.6) is 0 Å². The number of benzene rings is 2. The number of nitrogens with one attached hydrogen (secondary N) is 1. The second-order valence-electron chi connectivity index (χ2n) is 12.1. The number of carboxylic acid groups (broad SMARTS) is 1. The van der Waals surface area contributed by atoms with Crippen molar-refractivity contribution in [1.29, 1.82) is 0 Å². The third-order valence-electron chi connectivity index (χ3n) is 8.67. The fourth-order valence-corrected chi connectivity index (χ4v) is 8.55. The number of carbonyl (C=O) groups excluding carboxylic acids is 3. The highest BCUT2D eigenvalue weighted by Gasteiger charge is 2.26. The molecule has 2 heterocycles. The second kappa shape index (κ2) is 16.7. The predicted molar refractivity (Wildman–Crippen MR) is 192 cm³/mol. The highest BCUT2D eigenvalue weighted by Crippen LogP contribution is 2.39. The minimum Gasteiger partial charge on any atom is -0.481 e. The maximum atomic E-state index is 12.6. The Morgan fingerprint density at radius 2 is 1.13 bits per heavy atom. The first-order valence-corrected chi connectivity index (χ1v) is 17.8. The van der Waals surface area contributed by atoms with Crippen LogP contribution in [-0.2, 0) is 35.3 Å². The first-order valence-electron chi connectivity index (χ1n) is 16.2. The molecule has 2 aromatic heterocycles. The summed E-state index contributed by atoms with van der Waals surface area (Å²) in [6, 6.07) is 18.9. The molecule has 2 aromatic carbocycles. The van der Waals surface area contributed by atoms with Gasteiger partial charge in [-0.15, -0.1) is 22.7 Å². The summed E-state index contributed by atoms with van der Waals surface area (Å²) in [5, 5.41) is 13.1. The summed E-state index contributed by atoms with van der Waals surface area (Å²) in [6.45, 7) is 6.77. The average molecular weight is 673 g/mol. The molecule has 4 aromatic rings. The number of aryl methyl sites for hydroxylation is 2. The number of carbonyl (C=O) groups is 4. The van der Waals surface area contributed by atoms with Gasteiger partial charge in [-0.25, -0.2) is 0 Å². The summed E-state index contributed by atoms with van der Waals surface area (Å²) in [4.78, 5) is 49.1. The number of aliphatic carboxylic acids is 1. The fraction of sp³-hybridized carbons (Fsp3) is 0.368. The van der Waals surface area contributed by atoms with E-state index in [0.717, 1.165) is 69.9 Å². The Morgan fingerprint density at radius 1 is 0.681 bits per heavy atom. The topological polar surface area (TPSA) is 127 Å². The molecule has 2 aliphatic carbocycles. The fourth-order valence-electron chi connectivity index (χ4n) is 6.00. The Morgan fingerprint density at radius 3 is 1.62 bits per heavy atom. The number of nitrogens with two attached hydrogens (primary N) is 1. The van der Waals surface area contributed by atoms with Gasteiger partial charge in [-0.2, -0.15) is 0 Å². The summed E-state index contributed by atoms with van der Waals surface area (Å²) in [7, 11) is 0. The zero-order valence-corrected chi connectivity index (χ0v) is 29.2. The van der Waals surface area contributed by atoms with E-state index in [1.165, 1.54) is 34.6 Å². The van der Waals surface area contributed by atoms with E-state index in [2.05, 4.69) is 5.32 Å². The molecule has 0 saturated heterocycles. The van der Waals surface area contributed by atoms with Crippen molar-refractivity contribution in [3.05, 3.63) is 104 Å². The molecule has 6 rings (SSSR count). The van der Waals surface area contributed by atoms with Crippen LogP contribution < -0.4 is 11.1 Å². The number of nitrogen functional groups attached to an aromatic ring is 1. The van der Waals surface area contributed by atoms with Crippen LogP contribution in [0.4, 0.5) is 10.0 Å². The third-order valence-corrected chi connectivity index (χ3v) is 11.0. The molecule has 7 nitrogen and oxygen atoms in total. The lowest BCUT2D eigenvalue weighted by Gasteiger charge is -2.13. The van der Waals surface area contributed by atoms with E-state index in [1.807, 2.05) is 67.6 Å². The zero-order valence-electron chi connectivity index (χ0n) is 27.6. The predicted octanol–water partition coefficient (Wildman–Crippen LogP) is 8.86. The number of carboxylic acids is 1. The van der Waals surface area contributed by atoms with Gasteiger partial charge in [0.25, 0.3) is 0 Å². The number of ketones is 2. The number of anilines is 2. The SMILES string of the molecule is CC(=O)c1c(N)sc2c1CCCC2.CC(=O)c1c(NC(=O)C(C)c2ccccc2)sc2c1CCCC2.CC(C(=O)O)c1ccccc1. The minimum atomic E-state index is -0.781. The zero-order chi connectivity index (χ0) is 34.1. The first-order chi connectivity index (χ1) is 22.5. The number of amides is 1. The lowest BCUT2D eigenvalue weighted by Crippen LogP contribution is -2.19. The Kier molecular flexibility index (Phi) is 12.7. The van der Waals surface area contributed by atoms with Gasteiger partial charge >= 0.3 is 5.97 Å². The van der Waals surface area contributed by atoms with Gasteiger partial charge in [0.2, 0.25) is 5.91 Å². The Bertz CT molecular complexity index is 1710. The summed E-state index contributed by atoms with van der Waals surface area (Å²) in [5.74, 6) is -1.32. The molecule has 2 unspecified atom stereocenters. The van der Waals surface area contributed by atoms with Gasteiger partial charge in [-0.05, 0) is 101 Å². The van der Waals surface area contributed by atoms with Gasteiger partial charge in [0.15, 0.2) is 11.6 Å². The smallest absolute Gasteiger partial charge is 0.310 e. The molecule has 4 N–H and O–H groups in total. The lowest BCUT2D eigenvalue weighted by atomic mass is 9.94. The number of Topliss-reactive ketones (excluding diaryl/α,β-unsaturated/α-hetero) is 2. The van der Waals surface area contributed by atoms with Crippen molar-refractivity contribution in [2.45, 2.75) is 90.9 Å². The maximum Gasteiger partial charge on any atom is 0.310 e. The molecule has 2 atom stereocenters. The molecule has 248 valence electrons. The largest absolute Gasteiger partial charge is 0.481 e. The van der Waals surface area contributed by atoms with Crippen LogP contribution in [0.25, 0.3) is 0 Å². The van der Waals surface area contributed by atoms with Crippen molar-refractivity contribution < 1.29 is 24.3 Å². The molecule has 2 aliphatic rings. The quantitative estimate of drug-likeness (QED) is 0.168. The second-order valence-corrected chi connectivity index (χ2v) is 14.3. The van der Waals surface area contributed by atoms with Gasteiger partial charge in [-0.3, -0.25) is 19.2 Å². The molecule has 0 fully saturated rings. The van der Waals surface area contributed by atoms with Gasteiger partial charge in [0.1, 0.15) is 5.00 Å². The van der Waals surface area contributed by atoms with E-state index in [-0.39, 0.29) is 23.4 Å². The summed E-state index contributed by atoms with van der Waals surface area (Å²) in [5.41, 5.74) is 11.6. The van der Waals surface area contributed by atoms with Crippen LogP contribution in [-0.4, -0.2) is 28.5 Å². The van der Waals surface area contributed by atoms with Crippen LogP contribution in [0, 0.1) is 0 Å². The maximum absolute atomic E-state index is 12.6. The highest BCUT2D eigenvalue weighted by molar-refractivity contribution is 7.17. The van der Waals surface area contributed by atoms with Gasteiger partial charge in [-0.1, -0.05) is 60.7 Å². The molecule has 9 heteroatoms. The van der Waals surface area contributed by atoms with E-state index < -0.39 is 11.9 Å². The van der Waals surface area contributed by atoms with Crippen LogP contribution >= 0.6 is 22.7 Å². The van der Waals surface area contributed by atoms with Gasteiger partial charge in [0.05, 0.1) is 28.0 Å². The van der Waals surface area contributed by atoms with Crippen LogP contribution in [0.3, 0.4) is 0 Å². The Balaban J connectivity index is 0.000000176. The van der Waals surface area contributed by atoms with Crippen molar-refractivity contribution in [2.75, 3.05) is 11.1 Å². The lowest BCUT2D eigenvalue weighted by molar-refractivity contribution is -0.138. The normalized spacial score (nSPS) is 14.5. The molecule has 0 aliphatic heterocycles. The number of hydrogen-bond acceptors (Lipinski definition) is 7. The van der Waals surface area contributed by atoms with E-state index in [1.54, 1.807) is 43.4 Å². The van der Waals surface area contributed by atoms with E-state index >= 15 is 0 Å². The van der Waals surface area contributed by atoms with Crippen molar-refractivity contribution in [3.8, 4) is 0 Å². The first kappa shape index (κ1) is 35.8. The minimum absolute atomic E-state index is 0.0482. The number of rotatable bonds is 7. The standard InChI is InChI=1S/C19H21NO2S.C10H13NOS.C9H10O2/c1-12(14-8-4-3-5-9-14)18(22)20-19-17(13(2)21)15-10-6-7-11-16(15)23-19;1-6(12)9-7-4-2-3-5-8(7)13-10(9)11;1-7(9(10)11)8-5-3-2-4-6-8/h3-5,8-9,12H,6-7,10-11H2,1-2H3,(H,20,22);2-5,11H2,1H3;2-7H,1H3,(H,10,11). The molecule has 0 spiro atoms. The van der Waals surface area contributed by atoms with E-state index in [0.29, 0.717) is 0 Å². The molecular weight excluding hydrogens is 629 g/mol. The monoisotopic (exact) mass is 672 g/mol. The van der Waals surface area contributed by atoms with Crippen LogP contribution in [0.1, 0.15) is 118 Å². The molecule has 1 amide bonds. The molecular formula is C38H44N2O5S2. The number of hydrogen-bond donors (Lipinski definition) is 3. The van der Waals surface area contributed by atoms with Crippen molar-refractivity contribution in [2.24, 2.45) is 0 Å². The van der Waals surface area contributed by atoms with Crippen molar-refractivity contribution in [1.82, 2.24) is 0 Å². The van der Waals surface area contributed by atoms with Crippen LogP contribution in [0.15, 0.2) is 60.7 Å². The van der Waals surface area contributed by atoms with Crippen molar-refractivity contribution >= 4 is 56.1 Å². The average Bonchev–Trinajstić information content (AvgIpc) is 3.61. The molecule has 47 heavy (non-hydrogen) atoms. The van der Waals surface area contributed by atoms with E-state index in [4.69, 9.17) is 10.8 Å². The van der Waals surface area contributed by atoms with Gasteiger partial charge < -0.3 is 16.2 Å². The Hall–Kier alpha value is -4.08. The third kappa shape index (κ3) is 9.05. The summed E-state index contributed by atoms with van der Waals surface area (Å²) < 4.78 is 0. The summed E-state index contributed by atoms with van der Waals surface area (Å²) >= 11 is 3.18. The summed E-state index contributed by atoms with van der Waals surface area (Å²) in [6.07, 6.45) is 8.84. The Labute approximate surface area is 285 Å². The molecule has 0 bridgehead atoms. The van der Waals surface area contributed by atoms with E-state index in [9.17, 15) is 19.2 Å². The van der Waals surface area contributed by atoms with Crippen molar-refractivity contribution in [3.63, 3.8) is 0 Å². The van der Waals surface area contributed by atoms with Crippen LogP contribution in [0.2, 0.25) is 0 Å². The number of thiophene rings is 2.